The molecule has 0 aromatic heterocycles. The van der Waals surface area contributed by atoms with Crippen molar-refractivity contribution in [2.45, 2.75) is 31.7 Å². The van der Waals surface area contributed by atoms with Gasteiger partial charge in [0.2, 0.25) is 0 Å². The van der Waals surface area contributed by atoms with Crippen LogP contribution in [0.1, 0.15) is 41.5 Å². The molecule has 1 fully saturated rings. The molecule has 0 heterocycles. The number of nitrogens with one attached hydrogen (secondary N) is 1. The van der Waals surface area contributed by atoms with E-state index >= 15 is 0 Å². The Morgan fingerprint density at radius 3 is 2.53 bits per heavy atom. The van der Waals surface area contributed by atoms with E-state index in [0.29, 0.717) is 0 Å². The summed E-state index contributed by atoms with van der Waals surface area (Å²) in [6.45, 7) is 0. The second-order valence-electron chi connectivity index (χ2n) is 3.64. The smallest absolute Gasteiger partial charge is 0.251 e. The highest BCUT2D eigenvalue weighted by Gasteiger charge is 2.17. The molecule has 3 heteroatoms. The van der Waals surface area contributed by atoms with Crippen molar-refractivity contribution in [2.75, 3.05) is 0 Å². The average molecular weight is 272 g/mol. The molecule has 1 aromatic rings. The van der Waals surface area contributed by atoms with Gasteiger partial charge in [0.1, 0.15) is 0 Å². The number of carbonyl (C=O) groups excluding carboxylic acids is 1. The van der Waals surface area contributed by atoms with E-state index in [1.807, 2.05) is 0 Å². The first-order chi connectivity index (χ1) is 8.93. The van der Waals surface area contributed by atoms with E-state index in [1.54, 1.807) is 0 Å². The van der Waals surface area contributed by atoms with Crippen molar-refractivity contribution in [1.29, 1.82) is 0 Å². The lowest BCUT2D eigenvalue weighted by Gasteiger charge is -2.11. The molecule has 1 aliphatic rings. The highest BCUT2D eigenvalue weighted by atomic mass is 79.9. The molecule has 1 amide bonds. The quantitative estimate of drug-likeness (QED) is 0.880. The molecule has 15 heavy (non-hydrogen) atoms. The summed E-state index contributed by atoms with van der Waals surface area (Å²) in [6, 6.07) is -0.972. The van der Waals surface area contributed by atoms with Crippen molar-refractivity contribution in [3.8, 4) is 0 Å². The van der Waals surface area contributed by atoms with Crippen molar-refractivity contribution in [1.82, 2.24) is 5.32 Å². The fourth-order valence-corrected chi connectivity index (χ4v) is 1.94. The summed E-state index contributed by atoms with van der Waals surface area (Å²) < 4.78 is 31.0. The van der Waals surface area contributed by atoms with Gasteiger partial charge in [-0.05, 0) is 37.0 Å². The van der Waals surface area contributed by atoms with E-state index in [9.17, 15) is 4.79 Å². The first-order valence-corrected chi connectivity index (χ1v) is 5.79. The van der Waals surface area contributed by atoms with Crippen LogP contribution in [0.4, 0.5) is 0 Å². The van der Waals surface area contributed by atoms with Crippen LogP contribution in [-0.4, -0.2) is 11.9 Å². The Morgan fingerprint density at radius 2 is 1.93 bits per heavy atom. The Kier molecular flexibility index (Phi) is 2.14. The minimum absolute atomic E-state index is 0.0818. The fourth-order valence-electron chi connectivity index (χ4n) is 1.74. The van der Waals surface area contributed by atoms with Crippen LogP contribution in [0.15, 0.2) is 28.6 Å². The number of benzene rings is 1. The number of halogens is 1. The molecular formula is C12H14BrNO. The van der Waals surface area contributed by atoms with E-state index in [2.05, 4.69) is 21.2 Å². The maximum atomic E-state index is 12.1. The van der Waals surface area contributed by atoms with Gasteiger partial charge < -0.3 is 5.32 Å². The summed E-state index contributed by atoms with van der Waals surface area (Å²) in [5.74, 6) is -0.517. The van der Waals surface area contributed by atoms with Gasteiger partial charge >= 0.3 is 0 Å². The van der Waals surface area contributed by atoms with Crippen LogP contribution >= 0.6 is 15.9 Å². The second-order valence-corrected chi connectivity index (χ2v) is 4.44. The van der Waals surface area contributed by atoms with Crippen LogP contribution in [0.3, 0.4) is 0 Å². The first-order valence-electron chi connectivity index (χ1n) is 7.00. The molecule has 0 saturated heterocycles. The largest absolute Gasteiger partial charge is 0.349 e. The van der Waals surface area contributed by atoms with Crippen molar-refractivity contribution in [3.63, 3.8) is 0 Å². The van der Waals surface area contributed by atoms with Crippen molar-refractivity contribution in [2.24, 2.45) is 0 Å². The number of hydrogen-bond donors (Lipinski definition) is 1. The maximum absolute atomic E-state index is 12.1. The van der Waals surface area contributed by atoms with E-state index in [4.69, 9.17) is 5.48 Å². The summed E-state index contributed by atoms with van der Waals surface area (Å²) in [5.41, 5.74) is -0.176. The third-order valence-corrected chi connectivity index (χ3v) is 2.91. The molecule has 1 N–H and O–H groups in total. The van der Waals surface area contributed by atoms with Gasteiger partial charge in [-0.15, -0.1) is 0 Å². The normalized spacial score (nSPS) is 20.3. The highest BCUT2D eigenvalue weighted by molar-refractivity contribution is 9.10. The number of carbonyl (C=O) groups is 1. The molecule has 0 spiro atoms. The van der Waals surface area contributed by atoms with Gasteiger partial charge in [0.25, 0.3) is 5.91 Å². The molecule has 1 saturated carbocycles. The van der Waals surface area contributed by atoms with E-state index < -0.39 is 5.91 Å². The molecule has 2 nitrogen and oxygen atoms in total. The molecule has 0 radical (unpaired) electrons. The zero-order valence-corrected chi connectivity index (χ0v) is 9.78. The van der Waals surface area contributed by atoms with Crippen LogP contribution in [0.5, 0.6) is 0 Å². The van der Waals surface area contributed by atoms with Gasteiger partial charge in [0.05, 0.1) is 5.48 Å². The standard InChI is InChI=1S/C12H14BrNO/c13-10-7-5-9(6-8-10)12(15)14-11-3-1-2-4-11/h5-8,11H,1-4H2,(H,14,15)/i5D,6D,7D,8D. The minimum Gasteiger partial charge on any atom is -0.349 e. The molecule has 80 valence electrons. The molecule has 1 aliphatic carbocycles. The summed E-state index contributed by atoms with van der Waals surface area (Å²) in [7, 11) is 0. The molecule has 0 unspecified atom stereocenters. The minimum atomic E-state index is -0.517. The first kappa shape index (κ1) is 6.69. The Labute approximate surface area is 104 Å². The Morgan fingerprint density at radius 1 is 1.33 bits per heavy atom. The van der Waals surface area contributed by atoms with Gasteiger partial charge in [-0.1, -0.05) is 28.8 Å². The molecule has 1 aromatic carbocycles. The average Bonchev–Trinajstić information content (AvgIpc) is 2.87. The molecule has 2 rings (SSSR count). The van der Waals surface area contributed by atoms with Crippen LogP contribution in [0.25, 0.3) is 0 Å². The van der Waals surface area contributed by atoms with Crippen molar-refractivity contribution >= 4 is 21.8 Å². The van der Waals surface area contributed by atoms with Crippen molar-refractivity contribution in [3.05, 3.63) is 34.2 Å². The number of rotatable bonds is 2. The SMILES string of the molecule is [2H]c1c([2H])c(C(=O)NC2CCCC2)c([2H])c([2H])c1Br. The Balaban J connectivity index is 2.36. The lowest BCUT2D eigenvalue weighted by molar-refractivity contribution is 0.0938. The fraction of sp³-hybridized carbons (Fsp3) is 0.417. The third kappa shape index (κ3) is 2.81. The van der Waals surface area contributed by atoms with E-state index in [1.165, 1.54) is 0 Å². The summed E-state index contributed by atoms with van der Waals surface area (Å²) in [5, 5.41) is 2.79. The van der Waals surface area contributed by atoms with Crippen LogP contribution < -0.4 is 5.32 Å². The van der Waals surface area contributed by atoms with Gasteiger partial charge in [-0.3, -0.25) is 4.79 Å². The number of amides is 1. The second kappa shape index (κ2) is 4.79. The zero-order chi connectivity index (χ0) is 14.2. The van der Waals surface area contributed by atoms with Gasteiger partial charge in [0.15, 0.2) is 0 Å². The highest BCUT2D eigenvalue weighted by Crippen LogP contribution is 2.18. The lowest BCUT2D eigenvalue weighted by Crippen LogP contribution is -2.32. The Hall–Kier alpha value is -0.830. The molecule has 0 bridgehead atoms. The maximum Gasteiger partial charge on any atom is 0.251 e. The van der Waals surface area contributed by atoms with E-state index in [-0.39, 0.29) is 40.2 Å². The monoisotopic (exact) mass is 271 g/mol. The van der Waals surface area contributed by atoms with E-state index in [0.717, 1.165) is 25.7 Å². The lowest BCUT2D eigenvalue weighted by atomic mass is 10.2. The third-order valence-electron chi connectivity index (χ3n) is 2.51. The molecular weight excluding hydrogens is 254 g/mol. The Bertz CT molecular complexity index is 500. The topological polar surface area (TPSA) is 29.1 Å². The molecule has 0 aliphatic heterocycles. The summed E-state index contributed by atoms with van der Waals surface area (Å²) in [6.07, 6.45) is 3.95. The van der Waals surface area contributed by atoms with Crippen LogP contribution in [-0.2, 0) is 0 Å². The van der Waals surface area contributed by atoms with Crippen LogP contribution in [0, 0.1) is 0 Å². The molecule has 0 atom stereocenters. The predicted octanol–water partition coefficient (Wildman–Crippen LogP) is 3.12. The van der Waals surface area contributed by atoms with Crippen molar-refractivity contribution < 1.29 is 10.3 Å². The van der Waals surface area contributed by atoms with Gasteiger partial charge in [-0.2, -0.15) is 0 Å². The van der Waals surface area contributed by atoms with Gasteiger partial charge in [0, 0.05) is 16.1 Å². The van der Waals surface area contributed by atoms with Gasteiger partial charge in [-0.25, -0.2) is 0 Å². The summed E-state index contributed by atoms with van der Waals surface area (Å²) >= 11 is 3.01. The number of hydrogen-bond acceptors (Lipinski definition) is 1. The summed E-state index contributed by atoms with van der Waals surface area (Å²) in [4.78, 5) is 12.1. The van der Waals surface area contributed by atoms with Crippen LogP contribution in [0.2, 0.25) is 0 Å². The predicted molar refractivity (Wildman–Crippen MR) is 63.9 cm³/mol. The zero-order valence-electron chi connectivity index (χ0n) is 12.2.